The summed E-state index contributed by atoms with van der Waals surface area (Å²) in [7, 11) is 0. The van der Waals surface area contributed by atoms with Gasteiger partial charge in [-0.15, -0.1) is 0 Å². The first kappa shape index (κ1) is 20.1. The van der Waals surface area contributed by atoms with Gasteiger partial charge in [-0.05, 0) is 24.6 Å². The molecule has 0 saturated carbocycles. The van der Waals surface area contributed by atoms with E-state index in [0.717, 1.165) is 5.01 Å². The van der Waals surface area contributed by atoms with Crippen LogP contribution >= 0.6 is 0 Å². The minimum atomic E-state index is -4.59. The summed E-state index contributed by atoms with van der Waals surface area (Å²) in [6, 6.07) is 13.1. The van der Waals surface area contributed by atoms with Gasteiger partial charge in [0.25, 0.3) is 5.91 Å². The number of hydrogen-bond acceptors (Lipinski definition) is 6. The number of carbonyl (C=O) groups is 1. The third-order valence-electron chi connectivity index (χ3n) is 5.72. The molecule has 1 fully saturated rings. The van der Waals surface area contributed by atoms with Crippen LogP contribution in [0.25, 0.3) is 16.7 Å². The lowest BCUT2D eigenvalue weighted by molar-refractivity contribution is -0.161. The standard InChI is InChI=1S/C22H16F3N5O2/c1-11-15(20-28-17-13(10-26)8-5-9-14(17)32-20)21(31)30-19(27-11)16(12-6-3-2-4-7-12)18(29-30)22(23,24)25/h2-9,16,18-19,27,29H,1H3. The van der Waals surface area contributed by atoms with Crippen LogP contribution in [0.2, 0.25) is 0 Å². The Morgan fingerprint density at radius 3 is 2.59 bits per heavy atom. The molecule has 3 aromatic rings. The number of halogens is 3. The van der Waals surface area contributed by atoms with Gasteiger partial charge >= 0.3 is 6.18 Å². The van der Waals surface area contributed by atoms with Crippen molar-refractivity contribution in [3.8, 4) is 6.07 Å². The van der Waals surface area contributed by atoms with Crippen LogP contribution in [-0.4, -0.2) is 34.3 Å². The topological polar surface area (TPSA) is 94.2 Å². The Balaban J connectivity index is 1.59. The van der Waals surface area contributed by atoms with Gasteiger partial charge in [0.05, 0.1) is 11.5 Å². The summed E-state index contributed by atoms with van der Waals surface area (Å²) in [5, 5.41) is 13.3. The van der Waals surface area contributed by atoms with Crippen molar-refractivity contribution in [1.29, 1.82) is 5.26 Å². The molecule has 0 radical (unpaired) electrons. The maximum absolute atomic E-state index is 13.9. The van der Waals surface area contributed by atoms with Crippen LogP contribution in [0.1, 0.15) is 29.9 Å². The molecule has 2 aliphatic heterocycles. The minimum absolute atomic E-state index is 0.00322. The second-order valence-corrected chi connectivity index (χ2v) is 7.63. The molecule has 0 bridgehead atoms. The molecule has 0 spiro atoms. The molecule has 0 aliphatic carbocycles. The highest BCUT2D eigenvalue weighted by molar-refractivity contribution is 6.20. The number of hydrogen-bond donors (Lipinski definition) is 2. The zero-order chi connectivity index (χ0) is 22.6. The van der Waals surface area contributed by atoms with E-state index in [0.29, 0.717) is 16.8 Å². The molecular weight excluding hydrogens is 423 g/mol. The number of nitrogens with one attached hydrogen (secondary N) is 2. The number of oxazole rings is 1. The molecule has 3 heterocycles. The molecule has 2 N–H and O–H groups in total. The van der Waals surface area contributed by atoms with Crippen LogP contribution in [0, 0.1) is 11.3 Å². The second kappa shape index (κ2) is 7.10. The number of alkyl halides is 3. The molecule has 5 rings (SSSR count). The van der Waals surface area contributed by atoms with Crippen molar-refractivity contribution in [1.82, 2.24) is 20.7 Å². The normalized spacial score (nSPS) is 23.3. The number of hydrazine groups is 1. The van der Waals surface area contributed by atoms with E-state index < -0.39 is 30.2 Å². The molecule has 1 aromatic heterocycles. The quantitative estimate of drug-likeness (QED) is 0.636. The van der Waals surface area contributed by atoms with Gasteiger partial charge < -0.3 is 9.73 Å². The average molecular weight is 439 g/mol. The van der Waals surface area contributed by atoms with Crippen LogP contribution in [-0.2, 0) is 4.79 Å². The number of nitriles is 1. The molecule has 32 heavy (non-hydrogen) atoms. The maximum atomic E-state index is 13.9. The Kier molecular flexibility index (Phi) is 4.46. The lowest BCUT2D eigenvalue weighted by Gasteiger charge is -2.34. The van der Waals surface area contributed by atoms with Crippen LogP contribution in [0.5, 0.6) is 0 Å². The number of para-hydroxylation sites is 1. The monoisotopic (exact) mass is 439 g/mol. The van der Waals surface area contributed by atoms with Crippen LogP contribution in [0.15, 0.2) is 58.6 Å². The maximum Gasteiger partial charge on any atom is 0.406 e. The predicted octanol–water partition coefficient (Wildman–Crippen LogP) is 3.42. The molecule has 10 heteroatoms. The van der Waals surface area contributed by atoms with Gasteiger partial charge in [-0.2, -0.15) is 18.4 Å². The van der Waals surface area contributed by atoms with E-state index in [1.807, 2.05) is 6.07 Å². The Morgan fingerprint density at radius 1 is 1.16 bits per heavy atom. The largest absolute Gasteiger partial charge is 0.436 e. The zero-order valence-corrected chi connectivity index (χ0v) is 16.6. The van der Waals surface area contributed by atoms with Gasteiger partial charge in [0, 0.05) is 5.70 Å². The summed E-state index contributed by atoms with van der Waals surface area (Å²) < 4.78 is 47.4. The first-order valence-corrected chi connectivity index (χ1v) is 9.78. The number of amides is 1. The van der Waals surface area contributed by atoms with E-state index in [1.54, 1.807) is 55.5 Å². The fourth-order valence-electron chi connectivity index (χ4n) is 4.29. The van der Waals surface area contributed by atoms with E-state index in [4.69, 9.17) is 4.42 Å². The highest BCUT2D eigenvalue weighted by atomic mass is 19.4. The molecule has 3 unspecified atom stereocenters. The first-order chi connectivity index (χ1) is 15.3. The van der Waals surface area contributed by atoms with E-state index in [1.165, 1.54) is 0 Å². The molecule has 2 aromatic carbocycles. The lowest BCUT2D eigenvalue weighted by Crippen LogP contribution is -2.54. The third kappa shape index (κ3) is 3.01. The summed E-state index contributed by atoms with van der Waals surface area (Å²) in [4.78, 5) is 17.6. The van der Waals surface area contributed by atoms with Gasteiger partial charge in [-0.3, -0.25) is 4.79 Å². The van der Waals surface area contributed by atoms with Crippen molar-refractivity contribution in [3.63, 3.8) is 0 Å². The fourth-order valence-corrected chi connectivity index (χ4v) is 4.29. The van der Waals surface area contributed by atoms with Crippen molar-refractivity contribution in [2.45, 2.75) is 31.2 Å². The van der Waals surface area contributed by atoms with Crippen molar-refractivity contribution >= 4 is 22.6 Å². The Bertz CT molecular complexity index is 1290. The minimum Gasteiger partial charge on any atom is -0.436 e. The summed E-state index contributed by atoms with van der Waals surface area (Å²) >= 11 is 0. The first-order valence-electron chi connectivity index (χ1n) is 9.78. The molecule has 1 saturated heterocycles. The van der Waals surface area contributed by atoms with Crippen LogP contribution in [0.4, 0.5) is 13.2 Å². The molecule has 1 amide bonds. The highest BCUT2D eigenvalue weighted by Gasteiger charge is 2.58. The number of nitrogens with zero attached hydrogens (tertiary/aromatic N) is 3. The van der Waals surface area contributed by atoms with Gasteiger partial charge in [-0.25, -0.2) is 15.4 Å². The van der Waals surface area contributed by atoms with Crippen LogP contribution < -0.4 is 10.7 Å². The Morgan fingerprint density at radius 2 is 1.91 bits per heavy atom. The van der Waals surface area contributed by atoms with Crippen molar-refractivity contribution in [2.75, 3.05) is 0 Å². The number of benzene rings is 2. The lowest BCUT2D eigenvalue weighted by atomic mass is 9.89. The predicted molar refractivity (Wildman–Crippen MR) is 107 cm³/mol. The van der Waals surface area contributed by atoms with Crippen LogP contribution in [0.3, 0.4) is 0 Å². The number of allylic oxidation sites excluding steroid dienone is 1. The second-order valence-electron chi connectivity index (χ2n) is 7.63. The van der Waals surface area contributed by atoms with Crippen molar-refractivity contribution < 1.29 is 22.4 Å². The average Bonchev–Trinajstić information content (AvgIpc) is 3.36. The fraction of sp³-hybridized carbons (Fsp3) is 0.227. The van der Waals surface area contributed by atoms with E-state index in [-0.39, 0.29) is 22.5 Å². The summed E-state index contributed by atoms with van der Waals surface area (Å²) in [5.74, 6) is -1.82. The third-order valence-corrected chi connectivity index (χ3v) is 5.72. The molecule has 2 aliphatic rings. The number of rotatable bonds is 2. The van der Waals surface area contributed by atoms with Crippen molar-refractivity contribution in [3.05, 3.63) is 71.2 Å². The molecule has 7 nitrogen and oxygen atoms in total. The van der Waals surface area contributed by atoms with E-state index in [2.05, 4.69) is 15.7 Å². The summed E-state index contributed by atoms with van der Waals surface area (Å²) in [6.45, 7) is 1.59. The van der Waals surface area contributed by atoms with Crippen molar-refractivity contribution in [2.24, 2.45) is 0 Å². The Labute approximate surface area is 180 Å². The molecule has 162 valence electrons. The number of fused-ring (bicyclic) bond motifs is 2. The van der Waals surface area contributed by atoms with Gasteiger partial charge in [-0.1, -0.05) is 36.4 Å². The van der Waals surface area contributed by atoms with E-state index in [9.17, 15) is 23.2 Å². The summed E-state index contributed by atoms with van der Waals surface area (Å²) in [5.41, 5.74) is 4.00. The number of aromatic nitrogens is 1. The summed E-state index contributed by atoms with van der Waals surface area (Å²) in [6.07, 6.45) is -5.55. The number of carbonyl (C=O) groups excluding carboxylic acids is 1. The van der Waals surface area contributed by atoms with E-state index >= 15 is 0 Å². The SMILES string of the molecule is CC1=C(c2nc3c(C#N)cccc3o2)C(=O)N2NC(C(F)(F)F)C(c3ccccc3)C2N1. The molecular formula is C22H16F3N5O2. The van der Waals surface area contributed by atoms with Gasteiger partial charge in [0.1, 0.15) is 29.4 Å². The smallest absolute Gasteiger partial charge is 0.406 e. The van der Waals surface area contributed by atoms with Gasteiger partial charge in [0.2, 0.25) is 5.89 Å². The van der Waals surface area contributed by atoms with Gasteiger partial charge in [0.15, 0.2) is 5.58 Å². The highest BCUT2D eigenvalue weighted by Crippen LogP contribution is 2.42. The Hall–Kier alpha value is -3.84. The zero-order valence-electron chi connectivity index (χ0n) is 16.6. The molecule has 3 atom stereocenters.